The van der Waals surface area contributed by atoms with Crippen LogP contribution in [0.1, 0.15) is 76.1 Å². The van der Waals surface area contributed by atoms with E-state index in [1.807, 2.05) is 20.8 Å². The van der Waals surface area contributed by atoms with Crippen LogP contribution in [-0.2, 0) is 9.59 Å². The largest absolute Gasteiger partial charge is 0.481 e. The molecule has 13 heteroatoms. The van der Waals surface area contributed by atoms with Crippen LogP contribution in [0.2, 0.25) is 10.0 Å². The summed E-state index contributed by atoms with van der Waals surface area (Å²) in [5, 5.41) is 9.69. The Kier molecular flexibility index (Phi) is 9.69. The van der Waals surface area contributed by atoms with E-state index >= 15 is 8.78 Å². The van der Waals surface area contributed by atoms with Crippen LogP contribution in [0.25, 0.3) is 0 Å². The Bertz CT molecular complexity index is 1200. The molecule has 3 N–H and O–H groups in total. The monoisotopic (exact) mass is 618 g/mol. The Morgan fingerprint density at radius 1 is 1.15 bits per heavy atom. The maximum Gasteiger partial charge on any atom is 0.309 e. The molecule has 1 heterocycles. The van der Waals surface area contributed by atoms with E-state index in [-0.39, 0.29) is 22.2 Å². The zero-order chi connectivity index (χ0) is 30.1. The van der Waals surface area contributed by atoms with Gasteiger partial charge in [-0.05, 0) is 50.4 Å². The standard InChI is InChI=1S/C27H35Cl2F2N4O4P/c1-4-24(2,3)15-35(14-19(36)20-17(28)12-33-13-18(20)29)22(37)16(11-32)21(27(30,31)40)34-26-8-5-25(6-9-26,7-10-26)23(38)39/h11-13H,4-10,14-15,32,40H2,1-3H3,(H,38,39). The third kappa shape index (κ3) is 6.82. The van der Waals surface area contributed by atoms with Gasteiger partial charge in [0.05, 0.1) is 38.7 Å². The zero-order valence-electron chi connectivity index (χ0n) is 22.8. The molecular weight excluding hydrogens is 584 g/mol. The number of nitrogens with zero attached hydrogens (tertiary/aromatic N) is 3. The number of amides is 1. The van der Waals surface area contributed by atoms with Gasteiger partial charge >= 0.3 is 11.6 Å². The van der Waals surface area contributed by atoms with Crippen molar-refractivity contribution in [2.75, 3.05) is 13.1 Å². The number of halogens is 4. The molecule has 0 radical (unpaired) electrons. The number of aliphatic carboxylic acids is 1. The van der Waals surface area contributed by atoms with E-state index in [1.165, 1.54) is 26.5 Å². The zero-order valence-corrected chi connectivity index (χ0v) is 25.4. The normalized spacial score (nSPS) is 23.7. The van der Waals surface area contributed by atoms with E-state index in [9.17, 15) is 19.5 Å². The highest BCUT2D eigenvalue weighted by atomic mass is 35.5. The number of nitrogens with two attached hydrogens (primary N) is 1. The third-order valence-corrected chi connectivity index (χ3v) is 9.15. The summed E-state index contributed by atoms with van der Waals surface area (Å²) < 4.78 is 30.2. The Morgan fingerprint density at radius 2 is 1.68 bits per heavy atom. The number of aliphatic imine (C=N–C) groups is 1. The molecule has 40 heavy (non-hydrogen) atoms. The maximum atomic E-state index is 15.1. The van der Waals surface area contributed by atoms with Gasteiger partial charge in [0.1, 0.15) is 5.71 Å². The van der Waals surface area contributed by atoms with Gasteiger partial charge in [-0.25, -0.2) is 0 Å². The van der Waals surface area contributed by atoms with E-state index in [0.717, 1.165) is 6.20 Å². The highest BCUT2D eigenvalue weighted by molar-refractivity contribution is 7.20. The molecule has 0 aromatic carbocycles. The molecular formula is C27H35Cl2F2N4O4P. The van der Waals surface area contributed by atoms with Crippen LogP contribution < -0.4 is 5.73 Å². The molecule has 3 aliphatic rings. The van der Waals surface area contributed by atoms with E-state index < -0.39 is 57.5 Å². The lowest BCUT2D eigenvalue weighted by atomic mass is 9.57. The Labute approximate surface area is 245 Å². The van der Waals surface area contributed by atoms with Gasteiger partial charge in [-0.3, -0.25) is 24.4 Å². The molecule has 1 aromatic heterocycles. The van der Waals surface area contributed by atoms with E-state index in [4.69, 9.17) is 28.9 Å². The van der Waals surface area contributed by atoms with Crippen molar-refractivity contribution < 1.29 is 28.3 Å². The number of hydrogen-bond donors (Lipinski definition) is 2. The van der Waals surface area contributed by atoms with Crippen molar-refractivity contribution in [1.82, 2.24) is 9.88 Å². The van der Waals surface area contributed by atoms with Crippen LogP contribution in [0, 0.1) is 10.8 Å². The highest BCUT2D eigenvalue weighted by Crippen LogP contribution is 2.54. The number of carboxylic acids is 1. The topological polar surface area (TPSA) is 126 Å². The molecule has 0 aliphatic heterocycles. The summed E-state index contributed by atoms with van der Waals surface area (Å²) in [4.78, 5) is 48.5. The lowest BCUT2D eigenvalue weighted by Crippen LogP contribution is -2.50. The van der Waals surface area contributed by atoms with Crippen molar-refractivity contribution in [1.29, 1.82) is 0 Å². The third-order valence-electron chi connectivity index (χ3n) is 8.31. The minimum atomic E-state index is -3.62. The Hall–Kier alpha value is -2.16. The number of carbonyl (C=O) groups is 3. The SMILES string of the molecule is CCC(C)(C)CN(CC(=O)c1c(Cl)cncc1Cl)C(=O)C(=CN)C(=NC12CCC(C(=O)O)(CC1)CC2)C(F)(F)P. The summed E-state index contributed by atoms with van der Waals surface area (Å²) >= 11 is 12.3. The lowest BCUT2D eigenvalue weighted by Gasteiger charge is -2.49. The number of aromatic nitrogens is 1. The number of fused-ring (bicyclic) bond motifs is 3. The first-order valence-corrected chi connectivity index (χ1v) is 14.4. The van der Waals surface area contributed by atoms with Gasteiger partial charge < -0.3 is 15.7 Å². The molecule has 3 saturated carbocycles. The van der Waals surface area contributed by atoms with E-state index in [1.54, 1.807) is 0 Å². The van der Waals surface area contributed by atoms with Gasteiger partial charge in [-0.1, -0.05) is 53.2 Å². The second-order valence-electron chi connectivity index (χ2n) is 11.6. The van der Waals surface area contributed by atoms with Gasteiger partial charge in [0, 0.05) is 25.1 Å². The summed E-state index contributed by atoms with van der Waals surface area (Å²) in [6.07, 6.45) is 5.78. The first-order valence-electron chi connectivity index (χ1n) is 13.0. The van der Waals surface area contributed by atoms with Crippen LogP contribution >= 0.6 is 32.4 Å². The van der Waals surface area contributed by atoms with Gasteiger partial charge in [0.25, 0.3) is 5.91 Å². The summed E-state index contributed by atoms with van der Waals surface area (Å²) in [5.74, 6) is -2.36. The van der Waals surface area contributed by atoms with Crippen molar-refractivity contribution in [3.8, 4) is 0 Å². The van der Waals surface area contributed by atoms with Crippen molar-refractivity contribution in [3.05, 3.63) is 39.8 Å². The second kappa shape index (κ2) is 12.0. The number of carboxylic acid groups (broad SMARTS) is 1. The number of rotatable bonds is 11. The fourth-order valence-electron chi connectivity index (χ4n) is 5.39. The number of ketones is 1. The first-order chi connectivity index (χ1) is 18.5. The van der Waals surface area contributed by atoms with E-state index in [0.29, 0.717) is 44.9 Å². The predicted molar refractivity (Wildman–Crippen MR) is 154 cm³/mol. The molecule has 1 amide bonds. The molecule has 220 valence electrons. The fraction of sp³-hybridized carbons (Fsp3) is 0.593. The summed E-state index contributed by atoms with van der Waals surface area (Å²) in [6, 6.07) is 0. The fourth-order valence-corrected chi connectivity index (χ4v) is 6.18. The van der Waals surface area contributed by atoms with Crippen LogP contribution in [0.4, 0.5) is 8.78 Å². The average Bonchev–Trinajstić information content (AvgIpc) is 2.88. The number of hydrogen-bond acceptors (Lipinski definition) is 6. The molecule has 1 aromatic rings. The van der Waals surface area contributed by atoms with Gasteiger partial charge in [-0.2, -0.15) is 8.78 Å². The van der Waals surface area contributed by atoms with Crippen molar-refractivity contribution >= 4 is 55.8 Å². The van der Waals surface area contributed by atoms with Gasteiger partial charge in [0.2, 0.25) is 0 Å². The van der Waals surface area contributed by atoms with Crippen molar-refractivity contribution in [2.24, 2.45) is 21.6 Å². The minimum Gasteiger partial charge on any atom is -0.481 e. The summed E-state index contributed by atoms with van der Waals surface area (Å²) in [5.41, 5.74) is -1.44. The van der Waals surface area contributed by atoms with Crippen molar-refractivity contribution in [3.63, 3.8) is 0 Å². The number of pyridine rings is 1. The number of carbonyl (C=O) groups excluding carboxylic acids is 2. The van der Waals surface area contributed by atoms with E-state index in [2.05, 4.69) is 9.98 Å². The predicted octanol–water partition coefficient (Wildman–Crippen LogP) is 5.77. The average molecular weight is 619 g/mol. The highest BCUT2D eigenvalue weighted by Gasteiger charge is 2.54. The molecule has 4 rings (SSSR count). The smallest absolute Gasteiger partial charge is 0.309 e. The first kappa shape index (κ1) is 32.4. The Balaban J connectivity index is 2.01. The second-order valence-corrected chi connectivity index (χ2v) is 13.1. The quantitative estimate of drug-likeness (QED) is 0.140. The maximum absolute atomic E-state index is 15.1. The Morgan fingerprint density at radius 3 is 2.10 bits per heavy atom. The minimum absolute atomic E-state index is 0.000817. The van der Waals surface area contributed by atoms with Gasteiger partial charge in [0.15, 0.2) is 5.78 Å². The molecule has 1 atom stereocenters. The molecule has 1 unspecified atom stereocenters. The molecule has 0 saturated heterocycles. The lowest BCUT2D eigenvalue weighted by molar-refractivity contribution is -0.155. The molecule has 2 bridgehead atoms. The van der Waals surface area contributed by atoms with Crippen LogP contribution in [0.15, 0.2) is 29.2 Å². The van der Waals surface area contributed by atoms with Crippen LogP contribution in [0.3, 0.4) is 0 Å². The van der Waals surface area contributed by atoms with Crippen molar-refractivity contribution in [2.45, 2.75) is 76.9 Å². The number of Topliss-reactive ketones (excluding diaryl/α,β-unsaturated/α-hetero) is 1. The molecule has 3 fully saturated rings. The summed E-state index contributed by atoms with van der Waals surface area (Å²) in [6.45, 7) is 5.23. The van der Waals surface area contributed by atoms with Gasteiger partial charge in [-0.15, -0.1) is 0 Å². The summed E-state index contributed by atoms with van der Waals surface area (Å²) in [7, 11) is 1.42. The molecule has 8 nitrogen and oxygen atoms in total. The van der Waals surface area contributed by atoms with Crippen LogP contribution in [0.5, 0.6) is 0 Å². The molecule has 3 aliphatic carbocycles. The van der Waals surface area contributed by atoms with Crippen LogP contribution in [-0.4, -0.2) is 62.7 Å². The number of alkyl halides is 2. The molecule has 0 spiro atoms.